The molecule has 1 fully saturated rings. The number of aryl methyl sites for hydroxylation is 1. The van der Waals surface area contributed by atoms with Gasteiger partial charge in [0.2, 0.25) is 0 Å². The van der Waals surface area contributed by atoms with E-state index in [0.29, 0.717) is 46.5 Å². The summed E-state index contributed by atoms with van der Waals surface area (Å²) in [6, 6.07) is 9.27. The highest BCUT2D eigenvalue weighted by Crippen LogP contribution is 2.31. The number of rotatable bonds is 10. The van der Waals surface area contributed by atoms with Crippen molar-refractivity contribution in [3.05, 3.63) is 58.1 Å². The second-order valence-corrected chi connectivity index (χ2v) is 8.37. The number of unbranched alkanes of at least 4 members (excludes halogenated alkanes) is 3. The molecular formula is C26H29ClN2O5. The van der Waals surface area contributed by atoms with Crippen molar-refractivity contribution in [2.45, 2.75) is 46.5 Å². The fourth-order valence-corrected chi connectivity index (χ4v) is 3.75. The van der Waals surface area contributed by atoms with Gasteiger partial charge in [0.25, 0.3) is 11.8 Å². The first kappa shape index (κ1) is 25.3. The number of hydrogen-bond acceptors (Lipinski definition) is 5. The molecule has 1 heterocycles. The Kier molecular flexibility index (Phi) is 8.71. The first-order valence-electron chi connectivity index (χ1n) is 11.4. The molecule has 2 aromatic carbocycles. The molecule has 34 heavy (non-hydrogen) atoms. The van der Waals surface area contributed by atoms with Gasteiger partial charge in [-0.3, -0.25) is 14.9 Å². The number of carbonyl (C=O) groups excluding carboxylic acids is 3. The van der Waals surface area contributed by atoms with Gasteiger partial charge in [-0.1, -0.05) is 49.9 Å². The topological polar surface area (TPSA) is 84.9 Å². The molecule has 8 heteroatoms. The lowest BCUT2D eigenvalue weighted by Gasteiger charge is -2.27. The zero-order chi connectivity index (χ0) is 24.7. The van der Waals surface area contributed by atoms with Crippen LogP contribution in [0.2, 0.25) is 5.02 Å². The van der Waals surface area contributed by atoms with E-state index in [1.165, 1.54) is 18.6 Å². The molecule has 0 atom stereocenters. The first-order chi connectivity index (χ1) is 16.3. The highest BCUT2D eigenvalue weighted by atomic mass is 35.5. The molecule has 2 aromatic rings. The standard InChI is InChI=1S/C26H29ClN2O5/c1-4-6-7-8-13-34-22-12-10-18(15-23(22)33-5-2)14-20-24(30)28-26(32)29(25(20)31)21-16-19(27)11-9-17(21)3/h9-12,14-16H,4-8,13H2,1-3H3,(H,28,30,32)/b20-14+. The van der Waals surface area contributed by atoms with Crippen LogP contribution in [0.1, 0.15) is 50.7 Å². The highest BCUT2D eigenvalue weighted by Gasteiger charge is 2.37. The number of amides is 4. The maximum absolute atomic E-state index is 13.2. The summed E-state index contributed by atoms with van der Waals surface area (Å²) in [5.74, 6) is -0.366. The van der Waals surface area contributed by atoms with Crippen molar-refractivity contribution in [2.75, 3.05) is 18.1 Å². The normalized spacial score (nSPS) is 15.0. The lowest BCUT2D eigenvalue weighted by Crippen LogP contribution is -2.54. The van der Waals surface area contributed by atoms with Gasteiger partial charge in [0.05, 0.1) is 18.9 Å². The molecular weight excluding hydrogens is 456 g/mol. The molecule has 1 N–H and O–H groups in total. The van der Waals surface area contributed by atoms with Crippen molar-refractivity contribution >= 4 is 41.2 Å². The van der Waals surface area contributed by atoms with Crippen LogP contribution in [-0.4, -0.2) is 31.1 Å². The van der Waals surface area contributed by atoms with E-state index >= 15 is 0 Å². The van der Waals surface area contributed by atoms with Crippen LogP contribution in [0.4, 0.5) is 10.5 Å². The van der Waals surface area contributed by atoms with Crippen LogP contribution in [0.3, 0.4) is 0 Å². The Morgan fingerprint density at radius 1 is 0.971 bits per heavy atom. The predicted molar refractivity (Wildman–Crippen MR) is 132 cm³/mol. The van der Waals surface area contributed by atoms with E-state index in [1.807, 2.05) is 6.92 Å². The SMILES string of the molecule is CCCCCCOc1ccc(/C=C2\C(=O)NC(=O)N(c3cc(Cl)ccc3C)C2=O)cc1OCC. The van der Waals surface area contributed by atoms with Gasteiger partial charge in [-0.25, -0.2) is 9.69 Å². The Balaban J connectivity index is 1.88. The first-order valence-corrected chi connectivity index (χ1v) is 11.8. The molecule has 0 spiro atoms. The van der Waals surface area contributed by atoms with Crippen molar-refractivity contribution in [1.82, 2.24) is 5.32 Å². The molecule has 1 aliphatic heterocycles. The van der Waals surface area contributed by atoms with E-state index in [1.54, 1.807) is 37.3 Å². The van der Waals surface area contributed by atoms with Crippen molar-refractivity contribution in [3.8, 4) is 11.5 Å². The van der Waals surface area contributed by atoms with Crippen molar-refractivity contribution in [3.63, 3.8) is 0 Å². The summed E-state index contributed by atoms with van der Waals surface area (Å²) >= 11 is 6.07. The number of imide groups is 2. The number of nitrogens with one attached hydrogen (secondary N) is 1. The van der Waals surface area contributed by atoms with Crippen molar-refractivity contribution < 1.29 is 23.9 Å². The molecule has 0 unspecified atom stereocenters. The minimum absolute atomic E-state index is 0.172. The maximum Gasteiger partial charge on any atom is 0.335 e. The lowest BCUT2D eigenvalue weighted by atomic mass is 10.1. The Hall–Kier alpha value is -3.32. The molecule has 180 valence electrons. The zero-order valence-electron chi connectivity index (χ0n) is 19.7. The molecule has 1 aliphatic rings. The number of benzene rings is 2. The van der Waals surface area contributed by atoms with Crippen LogP contribution in [0, 0.1) is 6.92 Å². The monoisotopic (exact) mass is 484 g/mol. The van der Waals surface area contributed by atoms with E-state index in [4.69, 9.17) is 21.1 Å². The third-order valence-corrected chi connectivity index (χ3v) is 5.58. The number of carbonyl (C=O) groups is 3. The van der Waals surface area contributed by atoms with Gasteiger partial charge in [0, 0.05) is 5.02 Å². The Bertz CT molecular complexity index is 1110. The van der Waals surface area contributed by atoms with Crippen molar-refractivity contribution in [2.24, 2.45) is 0 Å². The molecule has 0 saturated carbocycles. The van der Waals surface area contributed by atoms with E-state index in [9.17, 15) is 14.4 Å². The van der Waals surface area contributed by atoms with Crippen LogP contribution in [-0.2, 0) is 9.59 Å². The van der Waals surface area contributed by atoms with Gasteiger partial charge in [-0.05, 0) is 61.7 Å². The van der Waals surface area contributed by atoms with E-state index < -0.39 is 17.8 Å². The van der Waals surface area contributed by atoms with Gasteiger partial charge in [-0.15, -0.1) is 0 Å². The molecule has 0 aliphatic carbocycles. The maximum atomic E-state index is 13.2. The molecule has 7 nitrogen and oxygen atoms in total. The number of barbiturate groups is 1. The highest BCUT2D eigenvalue weighted by molar-refractivity contribution is 6.39. The van der Waals surface area contributed by atoms with Crippen LogP contribution >= 0.6 is 11.6 Å². The fraction of sp³-hybridized carbons (Fsp3) is 0.346. The Morgan fingerprint density at radius 3 is 2.50 bits per heavy atom. The number of halogens is 1. The van der Waals surface area contributed by atoms with Crippen LogP contribution in [0.5, 0.6) is 11.5 Å². The average Bonchev–Trinajstić information content (AvgIpc) is 2.80. The number of anilines is 1. The van der Waals surface area contributed by atoms with E-state index in [-0.39, 0.29) is 5.57 Å². The summed E-state index contributed by atoms with van der Waals surface area (Å²) < 4.78 is 11.6. The third kappa shape index (κ3) is 5.97. The summed E-state index contributed by atoms with van der Waals surface area (Å²) in [4.78, 5) is 39.1. The molecule has 0 aromatic heterocycles. The van der Waals surface area contributed by atoms with Gasteiger partial charge in [0.15, 0.2) is 11.5 Å². The Morgan fingerprint density at radius 2 is 1.76 bits per heavy atom. The molecule has 0 bridgehead atoms. The van der Waals surface area contributed by atoms with Gasteiger partial charge < -0.3 is 9.47 Å². The minimum atomic E-state index is -0.820. The molecule has 3 rings (SSSR count). The minimum Gasteiger partial charge on any atom is -0.490 e. The number of nitrogens with zero attached hydrogens (tertiary/aromatic N) is 1. The molecule has 1 saturated heterocycles. The number of urea groups is 1. The van der Waals surface area contributed by atoms with Gasteiger partial charge in [-0.2, -0.15) is 0 Å². The van der Waals surface area contributed by atoms with Crippen LogP contribution in [0.25, 0.3) is 6.08 Å². The number of ether oxygens (including phenoxy) is 2. The van der Waals surface area contributed by atoms with Gasteiger partial charge >= 0.3 is 6.03 Å². The summed E-state index contributed by atoms with van der Waals surface area (Å²) in [5, 5.41) is 2.60. The predicted octanol–water partition coefficient (Wildman–Crippen LogP) is 5.67. The summed E-state index contributed by atoms with van der Waals surface area (Å²) in [6.07, 6.45) is 5.80. The lowest BCUT2D eigenvalue weighted by molar-refractivity contribution is -0.122. The average molecular weight is 485 g/mol. The zero-order valence-corrected chi connectivity index (χ0v) is 20.4. The third-order valence-electron chi connectivity index (χ3n) is 5.35. The Labute approximate surface area is 204 Å². The quantitative estimate of drug-likeness (QED) is 0.266. The van der Waals surface area contributed by atoms with E-state index in [0.717, 1.165) is 24.2 Å². The fourth-order valence-electron chi connectivity index (χ4n) is 3.58. The second kappa shape index (κ2) is 11.7. The van der Waals surface area contributed by atoms with Gasteiger partial charge in [0.1, 0.15) is 5.57 Å². The number of hydrogen-bond donors (Lipinski definition) is 1. The smallest absolute Gasteiger partial charge is 0.335 e. The second-order valence-electron chi connectivity index (χ2n) is 7.94. The summed E-state index contributed by atoms with van der Waals surface area (Å²) in [5.41, 5.74) is 1.38. The van der Waals surface area contributed by atoms with E-state index in [2.05, 4.69) is 12.2 Å². The molecule has 4 amide bonds. The summed E-state index contributed by atoms with van der Waals surface area (Å²) in [7, 11) is 0. The largest absolute Gasteiger partial charge is 0.490 e. The van der Waals surface area contributed by atoms with Crippen molar-refractivity contribution in [1.29, 1.82) is 0 Å². The van der Waals surface area contributed by atoms with Crippen LogP contribution in [0.15, 0.2) is 42.0 Å². The molecule has 0 radical (unpaired) electrons. The van der Waals surface area contributed by atoms with Crippen LogP contribution < -0.4 is 19.7 Å². The summed E-state index contributed by atoms with van der Waals surface area (Å²) in [6.45, 7) is 6.79.